The van der Waals surface area contributed by atoms with E-state index in [1.54, 1.807) is 4.57 Å². The maximum atomic E-state index is 13.2. The highest BCUT2D eigenvalue weighted by molar-refractivity contribution is 5.71. The number of benzene rings is 2. The number of anilines is 1. The van der Waals surface area contributed by atoms with E-state index in [-0.39, 0.29) is 30.2 Å². The molecule has 174 valence electrons. The number of nitrogen functional groups attached to an aromatic ring is 1. The number of aliphatic hydroxyl groups is 1. The summed E-state index contributed by atoms with van der Waals surface area (Å²) >= 11 is 0. The lowest BCUT2D eigenvalue weighted by Crippen LogP contribution is -2.31. The molecule has 10 nitrogen and oxygen atoms in total. The van der Waals surface area contributed by atoms with E-state index in [0.29, 0.717) is 5.65 Å². The minimum absolute atomic E-state index is 0.0714. The van der Waals surface area contributed by atoms with Gasteiger partial charge in [-0.15, -0.1) is 0 Å². The lowest BCUT2D eigenvalue weighted by molar-refractivity contribution is -0.153. The average molecular weight is 461 g/mol. The van der Waals surface area contributed by atoms with Crippen LogP contribution in [0.4, 0.5) is 5.95 Å². The molecule has 3 N–H and O–H groups in total. The van der Waals surface area contributed by atoms with Crippen LogP contribution in [-0.4, -0.2) is 49.1 Å². The van der Waals surface area contributed by atoms with Crippen molar-refractivity contribution in [3.63, 3.8) is 0 Å². The summed E-state index contributed by atoms with van der Waals surface area (Å²) < 4.78 is 21.4. The van der Waals surface area contributed by atoms with Crippen molar-refractivity contribution in [2.24, 2.45) is 0 Å². The fraction of sp³-hybridized carbons (Fsp3) is 0.292. The molecule has 0 bridgehead atoms. The average Bonchev–Trinajstić information content (AvgIpc) is 3.57. The smallest absolute Gasteiger partial charge is 0.283 e. The number of nitrogens with two attached hydrogens (primary N) is 1. The highest BCUT2D eigenvalue weighted by atomic mass is 16.8. The molecule has 4 aromatic rings. The van der Waals surface area contributed by atoms with Crippen LogP contribution in [-0.2, 0) is 20.8 Å². The first kappa shape index (κ1) is 21.0. The van der Waals surface area contributed by atoms with Gasteiger partial charge in [0.05, 0.1) is 19.5 Å². The van der Waals surface area contributed by atoms with Gasteiger partial charge in [0.1, 0.15) is 18.3 Å². The second-order valence-corrected chi connectivity index (χ2v) is 8.36. The van der Waals surface area contributed by atoms with E-state index in [1.165, 1.54) is 10.9 Å². The number of aliphatic hydroxyl groups excluding tert-OH is 1. The molecule has 2 aromatic heterocycles. The maximum absolute atomic E-state index is 13.2. The van der Waals surface area contributed by atoms with Crippen molar-refractivity contribution in [2.45, 2.75) is 37.4 Å². The molecule has 2 aliphatic rings. The summed E-state index contributed by atoms with van der Waals surface area (Å²) in [4.78, 5) is 22.0. The third-order valence-electron chi connectivity index (χ3n) is 6.27. The van der Waals surface area contributed by atoms with Gasteiger partial charge in [0.25, 0.3) is 5.56 Å². The highest BCUT2D eigenvalue weighted by Crippen LogP contribution is 2.44. The van der Waals surface area contributed by atoms with Crippen molar-refractivity contribution < 1.29 is 19.3 Å². The summed E-state index contributed by atoms with van der Waals surface area (Å²) in [5.74, 6) is 0.0714. The van der Waals surface area contributed by atoms with Gasteiger partial charge in [-0.05, 0) is 5.56 Å². The first-order valence-corrected chi connectivity index (χ1v) is 11.0. The lowest BCUT2D eigenvalue weighted by Gasteiger charge is -2.21. The van der Waals surface area contributed by atoms with Gasteiger partial charge in [0, 0.05) is 5.56 Å². The van der Waals surface area contributed by atoms with Crippen molar-refractivity contribution in [3.8, 4) is 0 Å². The number of fused-ring (bicyclic) bond motifs is 2. The van der Waals surface area contributed by atoms with Crippen LogP contribution in [0.3, 0.4) is 0 Å². The Hall–Kier alpha value is -3.57. The third-order valence-corrected chi connectivity index (χ3v) is 6.27. The normalized spacial score (nSPS) is 26.2. The molecule has 2 aliphatic heterocycles. The van der Waals surface area contributed by atoms with Crippen LogP contribution in [0.2, 0.25) is 0 Å². The predicted octanol–water partition coefficient (Wildman–Crippen LogP) is 1.60. The van der Waals surface area contributed by atoms with Crippen LogP contribution < -0.4 is 11.3 Å². The van der Waals surface area contributed by atoms with Gasteiger partial charge in [-0.1, -0.05) is 60.7 Å². The summed E-state index contributed by atoms with van der Waals surface area (Å²) in [7, 11) is 0. The van der Waals surface area contributed by atoms with Gasteiger partial charge < -0.3 is 25.1 Å². The van der Waals surface area contributed by atoms with Gasteiger partial charge in [0.2, 0.25) is 5.95 Å². The molecular formula is C24H23N5O5. The molecular weight excluding hydrogens is 438 g/mol. The van der Waals surface area contributed by atoms with E-state index in [4.69, 9.17) is 19.9 Å². The Labute approximate surface area is 194 Å². The van der Waals surface area contributed by atoms with E-state index in [2.05, 4.69) is 9.97 Å². The molecule has 5 atom stereocenters. The van der Waals surface area contributed by atoms with Crippen molar-refractivity contribution in [2.75, 3.05) is 12.3 Å². The molecule has 0 aliphatic carbocycles. The van der Waals surface area contributed by atoms with Crippen molar-refractivity contribution in [1.82, 2.24) is 19.1 Å². The minimum Gasteiger partial charge on any atom is -0.394 e. The van der Waals surface area contributed by atoms with Gasteiger partial charge in [0.15, 0.2) is 23.7 Å². The number of imidazole rings is 1. The second-order valence-electron chi connectivity index (χ2n) is 8.36. The van der Waals surface area contributed by atoms with Crippen LogP contribution in [0.25, 0.3) is 11.2 Å². The molecule has 4 heterocycles. The summed E-state index contributed by atoms with van der Waals surface area (Å²) in [6.07, 6.45) is -1.42. The number of nitrogens with zero attached hydrogens (tertiary/aromatic N) is 4. The molecule has 2 saturated heterocycles. The third kappa shape index (κ3) is 3.39. The summed E-state index contributed by atoms with van der Waals surface area (Å²) in [5, 5.41) is 9.89. The van der Waals surface area contributed by atoms with E-state index in [1.807, 2.05) is 60.7 Å². The Kier molecular flexibility index (Phi) is 5.15. The summed E-state index contributed by atoms with van der Waals surface area (Å²) in [6, 6.07) is 19.1. The quantitative estimate of drug-likeness (QED) is 0.459. The van der Waals surface area contributed by atoms with E-state index >= 15 is 0 Å². The van der Waals surface area contributed by atoms with Crippen molar-refractivity contribution >= 4 is 17.1 Å². The monoisotopic (exact) mass is 461 g/mol. The second kappa shape index (κ2) is 8.33. The number of hydrogen-bond acceptors (Lipinski definition) is 8. The number of hydrogen-bond donors (Lipinski definition) is 2. The molecule has 10 heteroatoms. The van der Waals surface area contributed by atoms with Crippen molar-refractivity contribution in [1.29, 1.82) is 0 Å². The van der Waals surface area contributed by atoms with Gasteiger partial charge in [-0.3, -0.25) is 13.9 Å². The number of ether oxygens (including phenoxy) is 3. The molecule has 0 radical (unpaired) electrons. The highest BCUT2D eigenvalue weighted by Gasteiger charge is 2.53. The summed E-state index contributed by atoms with van der Waals surface area (Å²) in [5.41, 5.74) is 8.11. The van der Waals surface area contributed by atoms with Gasteiger partial charge in [-0.2, -0.15) is 4.98 Å². The molecule has 6 rings (SSSR count). The van der Waals surface area contributed by atoms with Crippen LogP contribution in [0.5, 0.6) is 0 Å². The van der Waals surface area contributed by atoms with E-state index < -0.39 is 30.8 Å². The Morgan fingerprint density at radius 3 is 2.41 bits per heavy atom. The zero-order valence-corrected chi connectivity index (χ0v) is 18.1. The minimum atomic E-state index is -0.697. The molecule has 2 aromatic carbocycles. The van der Waals surface area contributed by atoms with E-state index in [9.17, 15) is 9.90 Å². The standard InChI is InChI=1S/C24H23N5O5/c25-24-27-20-17(21(31)28(24)11-14-7-3-1-4-8-14)26-13-29(20)22-19-18(16(12-30)32-22)33-23(34-19)15-9-5-2-6-10-15/h1-10,13,16,18-19,22-23,30H,11-12H2,(H2,25,27)/t16-,18-,19-,22-,23?/m1/s1. The number of aromatic nitrogens is 4. The van der Waals surface area contributed by atoms with Gasteiger partial charge >= 0.3 is 0 Å². The molecule has 0 amide bonds. The molecule has 2 fully saturated rings. The summed E-state index contributed by atoms with van der Waals surface area (Å²) in [6.45, 7) is 0.0445. The van der Waals surface area contributed by atoms with Crippen molar-refractivity contribution in [3.05, 3.63) is 88.5 Å². The maximum Gasteiger partial charge on any atom is 0.283 e. The zero-order valence-electron chi connectivity index (χ0n) is 18.1. The topological polar surface area (TPSA) is 127 Å². The first-order valence-electron chi connectivity index (χ1n) is 11.0. The lowest BCUT2D eigenvalue weighted by atomic mass is 10.1. The molecule has 0 saturated carbocycles. The van der Waals surface area contributed by atoms with E-state index in [0.717, 1.165) is 11.1 Å². The van der Waals surface area contributed by atoms with Gasteiger partial charge in [-0.25, -0.2) is 4.98 Å². The zero-order chi connectivity index (χ0) is 23.2. The predicted molar refractivity (Wildman–Crippen MR) is 122 cm³/mol. The first-order chi connectivity index (χ1) is 16.6. The Morgan fingerprint density at radius 2 is 1.68 bits per heavy atom. The fourth-order valence-electron chi connectivity index (χ4n) is 4.60. The molecule has 0 spiro atoms. The van der Waals surface area contributed by atoms with Crippen LogP contribution in [0.1, 0.15) is 23.6 Å². The SMILES string of the molecule is Nc1nc2c(ncn2[C@@H]2O[C@H](CO)[C@H]3OC(c4ccccc4)O[C@H]32)c(=O)n1Cc1ccccc1. The van der Waals surface area contributed by atoms with Crippen LogP contribution >= 0.6 is 0 Å². The fourth-order valence-corrected chi connectivity index (χ4v) is 4.60. The molecule has 34 heavy (non-hydrogen) atoms. The van der Waals surface area contributed by atoms with Crippen LogP contribution in [0, 0.1) is 0 Å². The Balaban J connectivity index is 1.35. The number of rotatable bonds is 5. The Bertz CT molecular complexity index is 1370. The Morgan fingerprint density at radius 1 is 0.971 bits per heavy atom. The molecule has 1 unspecified atom stereocenters. The largest absolute Gasteiger partial charge is 0.394 e. The van der Waals surface area contributed by atoms with Crippen LogP contribution in [0.15, 0.2) is 71.8 Å².